The average Bonchev–Trinajstić information content (AvgIpc) is 2.33. The number of benzene rings is 1. The fourth-order valence-corrected chi connectivity index (χ4v) is 3.27. The van der Waals surface area contributed by atoms with E-state index >= 15 is 0 Å². The summed E-state index contributed by atoms with van der Waals surface area (Å²) >= 11 is 0. The van der Waals surface area contributed by atoms with E-state index in [-0.39, 0.29) is 10.5 Å². The minimum atomic E-state index is -3.36. The van der Waals surface area contributed by atoms with Gasteiger partial charge in [0.05, 0.1) is 28.5 Å². The number of ether oxygens (including phenoxy) is 1. The Kier molecular flexibility index (Phi) is 2.82. The quantitative estimate of drug-likeness (QED) is 0.760. The minimum absolute atomic E-state index is 0.166. The topological polar surface area (TPSA) is 72.5 Å². The summed E-state index contributed by atoms with van der Waals surface area (Å²) in [7, 11) is -2.09. The molecular weight excluding hydrogens is 242 g/mol. The van der Waals surface area contributed by atoms with Crippen molar-refractivity contribution in [3.8, 4) is 0 Å². The predicted octanol–water partition coefficient (Wildman–Crippen LogP) is 1.06. The average molecular weight is 255 g/mol. The second-order valence-electron chi connectivity index (χ2n) is 3.91. The summed E-state index contributed by atoms with van der Waals surface area (Å²) in [5, 5.41) is 2.47. The van der Waals surface area contributed by atoms with Crippen LogP contribution in [0.5, 0.6) is 0 Å². The number of esters is 1. The number of sulfone groups is 1. The highest BCUT2D eigenvalue weighted by Crippen LogP contribution is 2.32. The van der Waals surface area contributed by atoms with E-state index in [4.69, 9.17) is 0 Å². The Balaban J connectivity index is 2.66. The van der Waals surface area contributed by atoms with Gasteiger partial charge in [0.25, 0.3) is 0 Å². The maximum absolute atomic E-state index is 12.1. The van der Waals surface area contributed by atoms with Crippen LogP contribution in [0.25, 0.3) is 0 Å². The SMILES string of the molecule is COC(=O)c1cccc2c1NCC(C)S2(=O)=O. The molecule has 0 aliphatic carbocycles. The zero-order valence-corrected chi connectivity index (χ0v) is 10.4. The Morgan fingerprint density at radius 2 is 2.18 bits per heavy atom. The van der Waals surface area contributed by atoms with Crippen LogP contribution in [0.4, 0.5) is 5.69 Å². The number of nitrogens with one attached hydrogen (secondary N) is 1. The summed E-state index contributed by atoms with van der Waals surface area (Å²) in [6.45, 7) is 1.93. The molecule has 17 heavy (non-hydrogen) atoms. The van der Waals surface area contributed by atoms with Gasteiger partial charge in [-0.1, -0.05) is 6.07 Å². The highest BCUT2D eigenvalue weighted by molar-refractivity contribution is 7.92. The number of para-hydroxylation sites is 1. The van der Waals surface area contributed by atoms with Crippen LogP contribution in [0.15, 0.2) is 23.1 Å². The lowest BCUT2D eigenvalue weighted by Crippen LogP contribution is -2.33. The van der Waals surface area contributed by atoms with Crippen molar-refractivity contribution in [3.63, 3.8) is 0 Å². The molecule has 5 nitrogen and oxygen atoms in total. The lowest BCUT2D eigenvalue weighted by atomic mass is 10.1. The molecule has 1 aliphatic rings. The van der Waals surface area contributed by atoms with Crippen molar-refractivity contribution >= 4 is 21.5 Å². The zero-order chi connectivity index (χ0) is 12.6. The Bertz CT molecular complexity index is 565. The number of hydrogen-bond donors (Lipinski definition) is 1. The zero-order valence-electron chi connectivity index (χ0n) is 9.56. The third-order valence-electron chi connectivity index (χ3n) is 2.83. The maximum Gasteiger partial charge on any atom is 0.340 e. The number of rotatable bonds is 1. The molecule has 0 saturated heterocycles. The molecule has 1 aromatic rings. The highest BCUT2D eigenvalue weighted by Gasteiger charge is 2.32. The second kappa shape index (κ2) is 4.03. The van der Waals surface area contributed by atoms with E-state index in [0.29, 0.717) is 12.2 Å². The van der Waals surface area contributed by atoms with Gasteiger partial charge in [-0.3, -0.25) is 0 Å². The lowest BCUT2D eigenvalue weighted by molar-refractivity contribution is 0.0601. The van der Waals surface area contributed by atoms with Crippen molar-refractivity contribution in [3.05, 3.63) is 23.8 Å². The number of carbonyl (C=O) groups excluding carboxylic acids is 1. The number of fused-ring (bicyclic) bond motifs is 1. The number of carbonyl (C=O) groups is 1. The van der Waals surface area contributed by atoms with Gasteiger partial charge in [-0.25, -0.2) is 13.2 Å². The molecule has 2 rings (SSSR count). The first-order valence-corrected chi connectivity index (χ1v) is 6.72. The van der Waals surface area contributed by atoms with Crippen molar-refractivity contribution in [1.82, 2.24) is 0 Å². The van der Waals surface area contributed by atoms with Crippen molar-refractivity contribution in [2.24, 2.45) is 0 Å². The van der Waals surface area contributed by atoms with Crippen molar-refractivity contribution < 1.29 is 17.9 Å². The Morgan fingerprint density at radius 1 is 1.47 bits per heavy atom. The Labute approximate surface area is 99.7 Å². The van der Waals surface area contributed by atoms with E-state index in [1.807, 2.05) is 0 Å². The minimum Gasteiger partial charge on any atom is -0.465 e. The summed E-state index contributed by atoms with van der Waals surface area (Å²) in [5.74, 6) is -0.542. The van der Waals surface area contributed by atoms with Crippen LogP contribution in [-0.4, -0.2) is 33.3 Å². The van der Waals surface area contributed by atoms with Crippen LogP contribution in [-0.2, 0) is 14.6 Å². The van der Waals surface area contributed by atoms with Gasteiger partial charge in [0.2, 0.25) is 0 Å². The van der Waals surface area contributed by atoms with E-state index < -0.39 is 21.1 Å². The molecule has 92 valence electrons. The summed E-state index contributed by atoms with van der Waals surface area (Å²) in [4.78, 5) is 11.7. The molecule has 0 aromatic heterocycles. The molecule has 1 N–H and O–H groups in total. The standard InChI is InChI=1S/C11H13NO4S/c1-7-6-12-10-8(11(13)16-2)4-3-5-9(10)17(7,14)15/h3-5,7,12H,6H2,1-2H3. The highest BCUT2D eigenvalue weighted by atomic mass is 32.2. The van der Waals surface area contributed by atoms with Crippen molar-refractivity contribution in [2.75, 3.05) is 19.0 Å². The lowest BCUT2D eigenvalue weighted by Gasteiger charge is -2.25. The largest absolute Gasteiger partial charge is 0.465 e. The number of methoxy groups -OCH3 is 1. The van der Waals surface area contributed by atoms with Gasteiger partial charge in [0, 0.05) is 6.54 Å². The first kappa shape index (κ1) is 11.9. The Hall–Kier alpha value is -1.56. The molecule has 1 aliphatic heterocycles. The van der Waals surface area contributed by atoms with Crippen LogP contribution >= 0.6 is 0 Å². The molecule has 6 heteroatoms. The molecule has 1 atom stereocenters. The van der Waals surface area contributed by atoms with E-state index in [1.165, 1.54) is 13.2 Å². The molecule has 0 radical (unpaired) electrons. The summed E-state index contributed by atoms with van der Waals surface area (Å²) < 4.78 is 28.8. The third kappa shape index (κ3) is 1.78. The van der Waals surface area contributed by atoms with Gasteiger partial charge in [-0.15, -0.1) is 0 Å². The first-order valence-electron chi connectivity index (χ1n) is 5.17. The van der Waals surface area contributed by atoms with E-state index in [2.05, 4.69) is 10.1 Å². The molecule has 1 heterocycles. The Morgan fingerprint density at radius 3 is 2.82 bits per heavy atom. The van der Waals surface area contributed by atoms with Crippen LogP contribution in [0.1, 0.15) is 17.3 Å². The second-order valence-corrected chi connectivity index (χ2v) is 6.24. The number of anilines is 1. The molecule has 1 aromatic carbocycles. The van der Waals surface area contributed by atoms with E-state index in [9.17, 15) is 13.2 Å². The summed E-state index contributed by atoms with van der Waals surface area (Å²) in [5.41, 5.74) is 0.595. The first-order chi connectivity index (χ1) is 7.98. The van der Waals surface area contributed by atoms with E-state index in [1.54, 1.807) is 19.1 Å². The molecule has 0 spiro atoms. The summed E-state index contributed by atoms with van der Waals surface area (Å²) in [6.07, 6.45) is 0. The van der Waals surface area contributed by atoms with Crippen molar-refractivity contribution in [1.29, 1.82) is 0 Å². The summed E-state index contributed by atoms with van der Waals surface area (Å²) in [6, 6.07) is 4.59. The molecule has 0 amide bonds. The van der Waals surface area contributed by atoms with Gasteiger partial charge in [0.1, 0.15) is 0 Å². The molecular formula is C11H13NO4S. The van der Waals surface area contributed by atoms with Gasteiger partial charge < -0.3 is 10.1 Å². The molecule has 0 bridgehead atoms. The molecule has 0 saturated carbocycles. The fourth-order valence-electron chi connectivity index (χ4n) is 1.80. The third-order valence-corrected chi connectivity index (χ3v) is 5.01. The predicted molar refractivity (Wildman–Crippen MR) is 62.9 cm³/mol. The monoisotopic (exact) mass is 255 g/mol. The molecule has 0 fully saturated rings. The van der Waals surface area contributed by atoms with Gasteiger partial charge in [-0.05, 0) is 19.1 Å². The number of hydrogen-bond acceptors (Lipinski definition) is 5. The van der Waals surface area contributed by atoms with E-state index in [0.717, 1.165) is 0 Å². The van der Waals surface area contributed by atoms with Crippen LogP contribution in [0.2, 0.25) is 0 Å². The van der Waals surface area contributed by atoms with Gasteiger partial charge >= 0.3 is 5.97 Å². The van der Waals surface area contributed by atoms with Gasteiger partial charge in [0.15, 0.2) is 9.84 Å². The van der Waals surface area contributed by atoms with Crippen molar-refractivity contribution in [2.45, 2.75) is 17.1 Å². The van der Waals surface area contributed by atoms with Gasteiger partial charge in [-0.2, -0.15) is 0 Å². The maximum atomic E-state index is 12.1. The van der Waals surface area contributed by atoms with Crippen LogP contribution in [0.3, 0.4) is 0 Å². The fraction of sp³-hybridized carbons (Fsp3) is 0.364. The molecule has 1 unspecified atom stereocenters. The normalized spacial score (nSPS) is 21.2. The smallest absolute Gasteiger partial charge is 0.340 e. The van der Waals surface area contributed by atoms with Crippen LogP contribution < -0.4 is 5.32 Å². The van der Waals surface area contributed by atoms with Crippen LogP contribution in [0, 0.1) is 0 Å².